The maximum absolute atomic E-state index is 11.6. The van der Waals surface area contributed by atoms with Crippen LogP contribution in [0.3, 0.4) is 0 Å². The topological polar surface area (TPSA) is 71.8 Å². The quantitative estimate of drug-likeness (QED) is 0.743. The van der Waals surface area contributed by atoms with E-state index in [0.29, 0.717) is 44.0 Å². The molecule has 1 fully saturated rings. The SMILES string of the molecule is CCOC(=O)CN1CCC(C#N)(c2ccc(OC)c(OC)c2)CC1. The number of hydrogen-bond donors (Lipinski definition) is 0. The van der Waals surface area contributed by atoms with Gasteiger partial charge in [0, 0.05) is 13.1 Å². The summed E-state index contributed by atoms with van der Waals surface area (Å²) >= 11 is 0. The first kappa shape index (κ1) is 18.1. The van der Waals surface area contributed by atoms with Gasteiger partial charge in [-0.1, -0.05) is 6.07 Å². The molecule has 1 heterocycles. The van der Waals surface area contributed by atoms with E-state index in [9.17, 15) is 10.1 Å². The van der Waals surface area contributed by atoms with Crippen LogP contribution in [0.5, 0.6) is 11.5 Å². The molecule has 0 saturated carbocycles. The van der Waals surface area contributed by atoms with Gasteiger partial charge in [-0.05, 0) is 37.5 Å². The molecule has 0 amide bonds. The van der Waals surface area contributed by atoms with E-state index in [2.05, 4.69) is 6.07 Å². The molecule has 0 aliphatic carbocycles. The third-order valence-electron chi connectivity index (χ3n) is 4.52. The minimum Gasteiger partial charge on any atom is -0.493 e. The maximum Gasteiger partial charge on any atom is 0.320 e. The van der Waals surface area contributed by atoms with Crippen molar-refractivity contribution in [1.29, 1.82) is 5.26 Å². The lowest BCUT2D eigenvalue weighted by Crippen LogP contribution is -2.44. The fourth-order valence-electron chi connectivity index (χ4n) is 3.08. The molecule has 1 aromatic carbocycles. The molecule has 0 unspecified atom stereocenters. The van der Waals surface area contributed by atoms with Crippen LogP contribution in [0.25, 0.3) is 0 Å². The van der Waals surface area contributed by atoms with Crippen molar-refractivity contribution in [3.63, 3.8) is 0 Å². The van der Waals surface area contributed by atoms with Gasteiger partial charge in [0.25, 0.3) is 0 Å². The van der Waals surface area contributed by atoms with E-state index in [1.54, 1.807) is 21.1 Å². The van der Waals surface area contributed by atoms with Crippen LogP contribution < -0.4 is 9.47 Å². The molecule has 0 atom stereocenters. The number of benzene rings is 1. The summed E-state index contributed by atoms with van der Waals surface area (Å²) in [5.41, 5.74) is 0.364. The molecule has 0 N–H and O–H groups in total. The van der Waals surface area contributed by atoms with Gasteiger partial charge < -0.3 is 14.2 Å². The maximum atomic E-state index is 11.6. The summed E-state index contributed by atoms with van der Waals surface area (Å²) in [5, 5.41) is 9.81. The number of rotatable bonds is 6. The molecule has 6 heteroatoms. The molecule has 0 spiro atoms. The van der Waals surface area contributed by atoms with E-state index in [4.69, 9.17) is 14.2 Å². The number of esters is 1. The zero-order chi connectivity index (χ0) is 17.6. The first-order chi connectivity index (χ1) is 11.6. The van der Waals surface area contributed by atoms with Gasteiger partial charge in [-0.25, -0.2) is 0 Å². The molecule has 2 rings (SSSR count). The average molecular weight is 332 g/mol. The monoisotopic (exact) mass is 332 g/mol. The smallest absolute Gasteiger partial charge is 0.320 e. The van der Waals surface area contributed by atoms with Crippen molar-refractivity contribution in [1.82, 2.24) is 4.90 Å². The lowest BCUT2D eigenvalue weighted by molar-refractivity contribution is -0.144. The number of carbonyl (C=O) groups excluding carboxylic acids is 1. The number of nitrogens with zero attached hydrogens (tertiary/aromatic N) is 2. The van der Waals surface area contributed by atoms with E-state index < -0.39 is 5.41 Å². The molecule has 0 aromatic heterocycles. The molecule has 1 saturated heterocycles. The van der Waals surface area contributed by atoms with Crippen LogP contribution in [0.1, 0.15) is 25.3 Å². The van der Waals surface area contributed by atoms with Gasteiger partial charge in [-0.15, -0.1) is 0 Å². The summed E-state index contributed by atoms with van der Waals surface area (Å²) < 4.78 is 15.6. The second-order valence-corrected chi connectivity index (χ2v) is 5.84. The largest absolute Gasteiger partial charge is 0.493 e. The van der Waals surface area contributed by atoms with E-state index in [1.165, 1.54) is 0 Å². The van der Waals surface area contributed by atoms with Crippen molar-refractivity contribution in [3.8, 4) is 17.6 Å². The van der Waals surface area contributed by atoms with E-state index in [-0.39, 0.29) is 12.5 Å². The molecule has 0 radical (unpaired) electrons. The summed E-state index contributed by atoms with van der Waals surface area (Å²) in [6.07, 6.45) is 1.33. The van der Waals surface area contributed by atoms with Crippen molar-refractivity contribution >= 4 is 5.97 Å². The summed E-state index contributed by atoms with van der Waals surface area (Å²) in [6.45, 7) is 3.83. The number of nitriles is 1. The van der Waals surface area contributed by atoms with Crippen molar-refractivity contribution in [2.45, 2.75) is 25.2 Å². The first-order valence-corrected chi connectivity index (χ1v) is 8.10. The third-order valence-corrected chi connectivity index (χ3v) is 4.52. The molecule has 1 aliphatic rings. The summed E-state index contributed by atoms with van der Waals surface area (Å²) in [6, 6.07) is 8.11. The normalized spacial score (nSPS) is 16.9. The van der Waals surface area contributed by atoms with Crippen molar-refractivity contribution in [2.24, 2.45) is 0 Å². The van der Waals surface area contributed by atoms with Crippen LogP contribution in [0.2, 0.25) is 0 Å². The lowest BCUT2D eigenvalue weighted by Gasteiger charge is -2.37. The highest BCUT2D eigenvalue weighted by molar-refractivity contribution is 5.71. The van der Waals surface area contributed by atoms with Crippen molar-refractivity contribution < 1.29 is 19.0 Å². The Labute approximate surface area is 142 Å². The minimum atomic E-state index is -0.565. The number of ether oxygens (including phenoxy) is 3. The van der Waals surface area contributed by atoms with E-state index in [0.717, 1.165) is 5.56 Å². The predicted molar refractivity (Wildman–Crippen MR) is 89.1 cm³/mol. The second-order valence-electron chi connectivity index (χ2n) is 5.84. The second kappa shape index (κ2) is 8.02. The van der Waals surface area contributed by atoms with Gasteiger partial charge in [-0.3, -0.25) is 9.69 Å². The van der Waals surface area contributed by atoms with Crippen molar-refractivity contribution in [2.75, 3.05) is 40.5 Å². The Balaban J connectivity index is 2.12. The Morgan fingerprint density at radius 3 is 2.46 bits per heavy atom. The first-order valence-electron chi connectivity index (χ1n) is 8.10. The Morgan fingerprint density at radius 1 is 1.25 bits per heavy atom. The highest BCUT2D eigenvalue weighted by Gasteiger charge is 2.37. The van der Waals surface area contributed by atoms with Gasteiger partial charge in [0.1, 0.15) is 0 Å². The Bertz CT molecular complexity index is 616. The molecule has 130 valence electrons. The summed E-state index contributed by atoms with van der Waals surface area (Å²) in [7, 11) is 3.17. The Kier molecular flexibility index (Phi) is 6.04. The standard InChI is InChI=1S/C18H24N2O4/c1-4-24-17(21)12-20-9-7-18(13-19,8-10-20)14-5-6-15(22-2)16(11-14)23-3/h5-6,11H,4,7-10,12H2,1-3H3. The Morgan fingerprint density at radius 2 is 1.92 bits per heavy atom. The fraction of sp³-hybridized carbons (Fsp3) is 0.556. The number of carbonyl (C=O) groups is 1. The molecular weight excluding hydrogens is 308 g/mol. The van der Waals surface area contributed by atoms with E-state index >= 15 is 0 Å². The van der Waals surface area contributed by atoms with Crippen LogP contribution in [0, 0.1) is 11.3 Å². The van der Waals surface area contributed by atoms with Gasteiger partial charge in [-0.2, -0.15) is 5.26 Å². The fourth-order valence-corrected chi connectivity index (χ4v) is 3.08. The summed E-state index contributed by atoms with van der Waals surface area (Å²) in [4.78, 5) is 13.6. The number of hydrogen-bond acceptors (Lipinski definition) is 6. The molecule has 1 aliphatic heterocycles. The summed E-state index contributed by atoms with van der Waals surface area (Å²) in [5.74, 6) is 1.06. The van der Waals surface area contributed by atoms with Crippen LogP contribution >= 0.6 is 0 Å². The Hall–Kier alpha value is -2.26. The lowest BCUT2D eigenvalue weighted by atomic mass is 9.74. The molecule has 0 bridgehead atoms. The number of methoxy groups -OCH3 is 2. The number of piperidine rings is 1. The van der Waals surface area contributed by atoms with Crippen molar-refractivity contribution in [3.05, 3.63) is 23.8 Å². The number of likely N-dealkylation sites (tertiary alicyclic amines) is 1. The highest BCUT2D eigenvalue weighted by Crippen LogP contribution is 2.39. The minimum absolute atomic E-state index is 0.215. The third kappa shape index (κ3) is 3.80. The molecule has 1 aromatic rings. The van der Waals surface area contributed by atoms with Gasteiger partial charge in [0.05, 0.1) is 38.9 Å². The average Bonchev–Trinajstić information content (AvgIpc) is 2.62. The zero-order valence-electron chi connectivity index (χ0n) is 14.5. The van der Waals surface area contributed by atoms with Crippen LogP contribution in [-0.2, 0) is 14.9 Å². The van der Waals surface area contributed by atoms with Crippen LogP contribution in [0.4, 0.5) is 0 Å². The molecule has 6 nitrogen and oxygen atoms in total. The highest BCUT2D eigenvalue weighted by atomic mass is 16.5. The van der Waals surface area contributed by atoms with E-state index in [1.807, 2.05) is 23.1 Å². The van der Waals surface area contributed by atoms with Crippen LogP contribution in [0.15, 0.2) is 18.2 Å². The van der Waals surface area contributed by atoms with Crippen LogP contribution in [-0.4, -0.2) is 51.3 Å². The molecular formula is C18H24N2O4. The van der Waals surface area contributed by atoms with Gasteiger partial charge >= 0.3 is 5.97 Å². The van der Waals surface area contributed by atoms with Gasteiger partial charge in [0.15, 0.2) is 11.5 Å². The molecule has 24 heavy (non-hydrogen) atoms. The van der Waals surface area contributed by atoms with Gasteiger partial charge in [0.2, 0.25) is 0 Å². The predicted octanol–water partition coefficient (Wildman–Crippen LogP) is 2.12. The zero-order valence-corrected chi connectivity index (χ0v) is 14.5.